The maximum Gasteiger partial charge on any atom is 0.123 e. The summed E-state index contributed by atoms with van der Waals surface area (Å²) in [6, 6.07) is 5.34. The molecule has 1 spiro atoms. The molecule has 0 amide bonds. The van der Waals surface area contributed by atoms with Gasteiger partial charge in [0.2, 0.25) is 0 Å². The van der Waals surface area contributed by atoms with Crippen LogP contribution in [-0.4, -0.2) is 13.1 Å². The fourth-order valence-corrected chi connectivity index (χ4v) is 3.20. The Labute approximate surface area is 89.7 Å². The smallest absolute Gasteiger partial charge is 0.123 e. The molecule has 1 N–H and O–H groups in total. The average molecular weight is 205 g/mol. The first-order valence-electron chi connectivity index (χ1n) is 5.80. The van der Waals surface area contributed by atoms with Crippen molar-refractivity contribution in [1.82, 2.24) is 5.32 Å². The van der Waals surface area contributed by atoms with Gasteiger partial charge in [0, 0.05) is 12.0 Å². The number of nitrogens with one attached hydrogen (secondary N) is 1. The average Bonchev–Trinajstić information content (AvgIpc) is 2.69. The van der Waals surface area contributed by atoms with Gasteiger partial charge in [-0.3, -0.25) is 0 Å². The van der Waals surface area contributed by atoms with E-state index in [0.717, 1.165) is 19.5 Å². The lowest BCUT2D eigenvalue weighted by atomic mass is 9.69. The highest BCUT2D eigenvalue weighted by molar-refractivity contribution is 5.38. The van der Waals surface area contributed by atoms with Crippen molar-refractivity contribution in [3.05, 3.63) is 35.1 Å². The summed E-state index contributed by atoms with van der Waals surface area (Å²) < 4.78 is 13.3. The summed E-state index contributed by atoms with van der Waals surface area (Å²) in [7, 11) is 0. The monoisotopic (exact) mass is 205 g/mol. The first-order chi connectivity index (χ1) is 7.30. The minimum atomic E-state index is -0.0816. The molecule has 1 aromatic rings. The molecule has 1 aliphatic heterocycles. The molecule has 1 heterocycles. The van der Waals surface area contributed by atoms with Gasteiger partial charge in [0.1, 0.15) is 5.82 Å². The summed E-state index contributed by atoms with van der Waals surface area (Å²) in [5, 5.41) is 3.42. The van der Waals surface area contributed by atoms with Gasteiger partial charge in [-0.2, -0.15) is 0 Å². The third-order valence-electron chi connectivity index (χ3n) is 3.99. The molecule has 1 aliphatic carbocycles. The normalized spacial score (nSPS) is 29.4. The molecule has 0 saturated carbocycles. The van der Waals surface area contributed by atoms with Crippen LogP contribution in [0.1, 0.15) is 30.4 Å². The zero-order valence-corrected chi connectivity index (χ0v) is 8.85. The Bertz CT molecular complexity index is 380. The first-order valence-corrected chi connectivity index (χ1v) is 5.80. The van der Waals surface area contributed by atoms with Gasteiger partial charge in [0.15, 0.2) is 0 Å². The van der Waals surface area contributed by atoms with E-state index in [1.807, 2.05) is 6.07 Å². The number of fused-ring (bicyclic) bond motifs is 2. The highest BCUT2D eigenvalue weighted by atomic mass is 19.1. The molecule has 1 atom stereocenters. The van der Waals surface area contributed by atoms with Crippen molar-refractivity contribution in [3.63, 3.8) is 0 Å². The number of hydrogen-bond donors (Lipinski definition) is 1. The molecule has 15 heavy (non-hydrogen) atoms. The van der Waals surface area contributed by atoms with Crippen molar-refractivity contribution in [2.24, 2.45) is 0 Å². The SMILES string of the molecule is Fc1ccc2c(c1)C1(CCC2)CCNC1. The van der Waals surface area contributed by atoms with Crippen LogP contribution in [-0.2, 0) is 11.8 Å². The molecule has 3 rings (SSSR count). The standard InChI is InChI=1S/C13H16FN/c14-11-4-3-10-2-1-5-13(12(10)8-11)6-7-15-9-13/h3-4,8,15H,1-2,5-7,9H2. The van der Waals surface area contributed by atoms with Gasteiger partial charge in [0.25, 0.3) is 0 Å². The quantitative estimate of drug-likeness (QED) is 0.685. The van der Waals surface area contributed by atoms with Gasteiger partial charge < -0.3 is 5.32 Å². The van der Waals surface area contributed by atoms with Crippen LogP contribution in [0.25, 0.3) is 0 Å². The van der Waals surface area contributed by atoms with Crippen molar-refractivity contribution in [3.8, 4) is 0 Å². The van der Waals surface area contributed by atoms with Crippen LogP contribution in [0.5, 0.6) is 0 Å². The van der Waals surface area contributed by atoms with E-state index >= 15 is 0 Å². The van der Waals surface area contributed by atoms with E-state index in [-0.39, 0.29) is 11.2 Å². The van der Waals surface area contributed by atoms with Crippen LogP contribution in [0.4, 0.5) is 4.39 Å². The highest BCUT2D eigenvalue weighted by Crippen LogP contribution is 2.41. The fraction of sp³-hybridized carbons (Fsp3) is 0.538. The van der Waals surface area contributed by atoms with Gasteiger partial charge in [-0.15, -0.1) is 0 Å². The molecule has 80 valence electrons. The molecular weight excluding hydrogens is 189 g/mol. The Morgan fingerprint density at radius 3 is 3.00 bits per heavy atom. The van der Waals surface area contributed by atoms with Crippen molar-refractivity contribution in [1.29, 1.82) is 0 Å². The predicted octanol–water partition coefficient (Wildman–Crippen LogP) is 2.39. The maximum atomic E-state index is 13.3. The fourth-order valence-electron chi connectivity index (χ4n) is 3.20. The van der Waals surface area contributed by atoms with Gasteiger partial charge in [0.05, 0.1) is 0 Å². The molecule has 1 nitrogen and oxygen atoms in total. The molecule has 1 saturated heterocycles. The zero-order valence-electron chi connectivity index (χ0n) is 8.85. The van der Waals surface area contributed by atoms with E-state index in [1.54, 1.807) is 12.1 Å². The molecule has 1 fully saturated rings. The second-order valence-electron chi connectivity index (χ2n) is 4.86. The minimum Gasteiger partial charge on any atom is -0.316 e. The summed E-state index contributed by atoms with van der Waals surface area (Å²) >= 11 is 0. The number of rotatable bonds is 0. The maximum absolute atomic E-state index is 13.3. The van der Waals surface area contributed by atoms with Gasteiger partial charge in [-0.25, -0.2) is 4.39 Å². The van der Waals surface area contributed by atoms with E-state index in [0.29, 0.717) is 0 Å². The lowest BCUT2D eigenvalue weighted by Gasteiger charge is -2.35. The summed E-state index contributed by atoms with van der Waals surface area (Å²) in [5.74, 6) is -0.0816. The van der Waals surface area contributed by atoms with Gasteiger partial charge in [-0.05, 0) is 55.5 Å². The van der Waals surface area contributed by atoms with Crippen LogP contribution in [0, 0.1) is 5.82 Å². The van der Waals surface area contributed by atoms with E-state index in [4.69, 9.17) is 0 Å². The van der Waals surface area contributed by atoms with E-state index in [9.17, 15) is 4.39 Å². The van der Waals surface area contributed by atoms with Crippen LogP contribution in [0.15, 0.2) is 18.2 Å². The Kier molecular flexibility index (Phi) is 2.06. The molecule has 2 heteroatoms. The van der Waals surface area contributed by atoms with E-state index < -0.39 is 0 Å². The molecule has 0 bridgehead atoms. The lowest BCUT2D eigenvalue weighted by Crippen LogP contribution is -2.33. The highest BCUT2D eigenvalue weighted by Gasteiger charge is 2.38. The second kappa shape index (κ2) is 3.31. The predicted molar refractivity (Wildman–Crippen MR) is 58.5 cm³/mol. The largest absolute Gasteiger partial charge is 0.316 e. The third-order valence-corrected chi connectivity index (χ3v) is 3.99. The van der Waals surface area contributed by atoms with Crippen LogP contribution in [0.3, 0.4) is 0 Å². The number of benzene rings is 1. The lowest BCUT2D eigenvalue weighted by molar-refractivity contribution is 0.390. The number of halogens is 1. The zero-order chi connectivity index (χ0) is 10.3. The van der Waals surface area contributed by atoms with E-state index in [2.05, 4.69) is 5.32 Å². The van der Waals surface area contributed by atoms with Crippen molar-refractivity contribution in [2.75, 3.05) is 13.1 Å². The van der Waals surface area contributed by atoms with Crippen molar-refractivity contribution < 1.29 is 4.39 Å². The summed E-state index contributed by atoms with van der Waals surface area (Å²) in [6.07, 6.45) is 4.76. The summed E-state index contributed by atoms with van der Waals surface area (Å²) in [6.45, 7) is 2.11. The van der Waals surface area contributed by atoms with Crippen molar-refractivity contribution >= 4 is 0 Å². The molecule has 2 aliphatic rings. The minimum absolute atomic E-state index is 0.0816. The van der Waals surface area contributed by atoms with Gasteiger partial charge in [-0.1, -0.05) is 6.07 Å². The van der Waals surface area contributed by atoms with Crippen LogP contribution >= 0.6 is 0 Å². The summed E-state index contributed by atoms with van der Waals surface area (Å²) in [5.41, 5.74) is 2.89. The Morgan fingerprint density at radius 1 is 1.27 bits per heavy atom. The molecule has 1 unspecified atom stereocenters. The second-order valence-corrected chi connectivity index (χ2v) is 4.86. The molecule has 0 aromatic heterocycles. The topological polar surface area (TPSA) is 12.0 Å². The number of hydrogen-bond acceptors (Lipinski definition) is 1. The molecule has 1 aromatic carbocycles. The molecular formula is C13H16FN. The first kappa shape index (κ1) is 9.34. The Balaban J connectivity index is 2.12. The third kappa shape index (κ3) is 1.39. The van der Waals surface area contributed by atoms with Crippen LogP contribution < -0.4 is 5.32 Å². The molecule has 0 radical (unpaired) electrons. The van der Waals surface area contributed by atoms with E-state index in [1.165, 1.54) is 30.4 Å². The van der Waals surface area contributed by atoms with Crippen molar-refractivity contribution in [2.45, 2.75) is 31.1 Å². The van der Waals surface area contributed by atoms with Crippen LogP contribution in [0.2, 0.25) is 0 Å². The Hall–Kier alpha value is -0.890. The number of aryl methyl sites for hydroxylation is 1. The van der Waals surface area contributed by atoms with Gasteiger partial charge >= 0.3 is 0 Å². The summed E-state index contributed by atoms with van der Waals surface area (Å²) in [4.78, 5) is 0. The Morgan fingerprint density at radius 2 is 2.20 bits per heavy atom.